The molecule has 0 aromatic heterocycles. The zero-order chi connectivity index (χ0) is 16.3. The number of rotatable bonds is 4. The molecule has 1 heterocycles. The van der Waals surface area contributed by atoms with E-state index >= 15 is 0 Å². The molecule has 0 saturated heterocycles. The quantitative estimate of drug-likeness (QED) is 0.433. The summed E-state index contributed by atoms with van der Waals surface area (Å²) in [5.41, 5.74) is 0.584. The Labute approximate surface area is 147 Å². The van der Waals surface area contributed by atoms with E-state index in [-0.39, 0.29) is 0 Å². The van der Waals surface area contributed by atoms with Crippen LogP contribution in [0.5, 0.6) is 5.75 Å². The normalized spacial score (nSPS) is 28.0. The van der Waals surface area contributed by atoms with Gasteiger partial charge in [0.25, 0.3) is 5.62 Å². The van der Waals surface area contributed by atoms with E-state index in [1.54, 1.807) is 7.11 Å². The highest BCUT2D eigenvalue weighted by atomic mass is 35.5. The molecule has 23 heavy (non-hydrogen) atoms. The third-order valence-electron chi connectivity index (χ3n) is 4.81. The molecule has 1 aliphatic carbocycles. The Balaban J connectivity index is 1.96. The van der Waals surface area contributed by atoms with E-state index in [1.165, 1.54) is 38.4 Å². The minimum Gasteiger partial charge on any atom is -0.495 e. The number of alkyl halides is 1. The molecule has 0 spiro atoms. The Bertz CT molecular complexity index is 614. The lowest BCUT2D eigenvalue weighted by Crippen LogP contribution is -2.56. The van der Waals surface area contributed by atoms with Crippen LogP contribution in [0.25, 0.3) is 0 Å². The van der Waals surface area contributed by atoms with Gasteiger partial charge in [-0.25, -0.2) is 4.48 Å². The largest absolute Gasteiger partial charge is 0.495 e. The Hall–Kier alpha value is -1.10. The number of methoxy groups -OCH3 is 1. The van der Waals surface area contributed by atoms with Crippen molar-refractivity contribution in [2.45, 2.75) is 37.7 Å². The maximum Gasteiger partial charge on any atom is 0.272 e. The van der Waals surface area contributed by atoms with Gasteiger partial charge in [0, 0.05) is 18.1 Å². The summed E-state index contributed by atoms with van der Waals surface area (Å²) in [6, 6.07) is 5.82. The lowest BCUT2D eigenvalue weighted by Gasteiger charge is -2.39. The monoisotopic (exact) mass is 354 g/mol. The van der Waals surface area contributed by atoms with Crippen LogP contribution in [0.4, 0.5) is 5.69 Å². The predicted molar refractivity (Wildman–Crippen MR) is 97.9 cm³/mol. The Kier molecular flexibility index (Phi) is 5.24. The van der Waals surface area contributed by atoms with Gasteiger partial charge in [0.05, 0.1) is 18.7 Å². The van der Waals surface area contributed by atoms with E-state index in [0.717, 1.165) is 12.2 Å². The third-order valence-corrected chi connectivity index (χ3v) is 5.57. The molecule has 2 aliphatic rings. The summed E-state index contributed by atoms with van der Waals surface area (Å²) in [6.45, 7) is 0.900. The molecule has 1 aromatic carbocycles. The fraction of sp³-hybridized carbons (Fsp3) is 0.529. The van der Waals surface area contributed by atoms with E-state index in [4.69, 9.17) is 27.9 Å². The molecule has 4 nitrogen and oxygen atoms in total. The van der Waals surface area contributed by atoms with Crippen molar-refractivity contribution >= 4 is 41.6 Å². The summed E-state index contributed by atoms with van der Waals surface area (Å²) in [7, 11) is 1.62. The van der Waals surface area contributed by atoms with Gasteiger partial charge in [-0.15, -0.1) is 0 Å². The Morgan fingerprint density at radius 2 is 2.04 bits per heavy atom. The first-order chi connectivity index (χ1) is 11.2. The van der Waals surface area contributed by atoms with Crippen LogP contribution in [0, 0.1) is 5.92 Å². The van der Waals surface area contributed by atoms with Gasteiger partial charge in [-0.05, 0) is 30.5 Å². The number of halogens is 2. The second kappa shape index (κ2) is 7.20. The fourth-order valence-electron chi connectivity index (χ4n) is 3.56. The van der Waals surface area contributed by atoms with Gasteiger partial charge >= 0.3 is 0 Å². The molecule has 1 fully saturated rings. The number of benzene rings is 1. The maximum absolute atomic E-state index is 6.63. The van der Waals surface area contributed by atoms with Gasteiger partial charge < -0.3 is 4.74 Å². The molecule has 1 aromatic rings. The highest BCUT2D eigenvalue weighted by molar-refractivity contribution is 6.32. The molecule has 0 N–H and O–H groups in total. The van der Waals surface area contributed by atoms with Crippen LogP contribution in [-0.4, -0.2) is 32.0 Å². The SMILES string of the molecule is COc1ccc([N+]2(CC3CCCCC3)C=NC=NC2Cl)cc1Cl. The molecule has 6 heteroatoms. The van der Waals surface area contributed by atoms with Crippen LogP contribution < -0.4 is 9.22 Å². The zero-order valence-electron chi connectivity index (χ0n) is 13.3. The lowest BCUT2D eigenvalue weighted by molar-refractivity contribution is 0.267. The lowest BCUT2D eigenvalue weighted by atomic mass is 9.88. The first-order valence-corrected chi connectivity index (χ1v) is 8.89. The predicted octanol–water partition coefficient (Wildman–Crippen LogP) is 4.83. The number of nitrogens with zero attached hydrogens (tertiary/aromatic N) is 3. The standard InChI is InChI=1S/C17H22Cl2N3O/c1-23-16-8-7-14(9-15(16)18)22(12-20-11-21-17(22)19)10-13-5-3-2-4-6-13/h7-9,11-13,17H,2-6,10H2,1H3/q+1. The van der Waals surface area contributed by atoms with E-state index in [9.17, 15) is 0 Å². The summed E-state index contributed by atoms with van der Waals surface area (Å²) < 4.78 is 5.67. The van der Waals surface area contributed by atoms with E-state index in [0.29, 0.717) is 21.2 Å². The first kappa shape index (κ1) is 16.7. The third kappa shape index (κ3) is 3.39. The van der Waals surface area contributed by atoms with E-state index in [2.05, 4.69) is 9.98 Å². The van der Waals surface area contributed by atoms with Crippen molar-refractivity contribution in [1.29, 1.82) is 0 Å². The van der Waals surface area contributed by atoms with Crippen LogP contribution in [0.15, 0.2) is 28.2 Å². The summed E-state index contributed by atoms with van der Waals surface area (Å²) >= 11 is 13.0. The molecule has 0 radical (unpaired) electrons. The van der Waals surface area contributed by atoms with Crippen molar-refractivity contribution in [1.82, 2.24) is 4.48 Å². The average molecular weight is 355 g/mol. The summed E-state index contributed by atoms with van der Waals surface area (Å²) in [5.74, 6) is 1.29. The number of aliphatic imine (C=N–C) groups is 2. The van der Waals surface area contributed by atoms with Crippen LogP contribution in [0.1, 0.15) is 32.1 Å². The zero-order valence-corrected chi connectivity index (χ0v) is 14.8. The van der Waals surface area contributed by atoms with Crippen molar-refractivity contribution in [3.63, 3.8) is 0 Å². The van der Waals surface area contributed by atoms with Crippen molar-refractivity contribution in [3.05, 3.63) is 23.2 Å². The second-order valence-corrected chi connectivity index (χ2v) is 7.07. The number of ether oxygens (including phenoxy) is 1. The fourth-order valence-corrected chi connectivity index (χ4v) is 4.10. The Morgan fingerprint density at radius 1 is 1.26 bits per heavy atom. The molecule has 2 unspecified atom stereocenters. The number of quaternary nitrogens is 1. The molecule has 2 atom stereocenters. The average Bonchev–Trinajstić information content (AvgIpc) is 2.58. The molecular formula is C17H22Cl2N3O+. The topological polar surface area (TPSA) is 34.0 Å². The van der Waals surface area contributed by atoms with Crippen LogP contribution in [0.3, 0.4) is 0 Å². The highest BCUT2D eigenvalue weighted by Gasteiger charge is 2.41. The molecule has 3 rings (SSSR count). The van der Waals surface area contributed by atoms with E-state index in [1.807, 2.05) is 24.5 Å². The minimum atomic E-state index is -0.418. The molecule has 1 saturated carbocycles. The van der Waals surface area contributed by atoms with Crippen LogP contribution >= 0.6 is 23.2 Å². The van der Waals surface area contributed by atoms with Crippen molar-refractivity contribution in [2.24, 2.45) is 15.9 Å². The highest BCUT2D eigenvalue weighted by Crippen LogP contribution is 2.38. The summed E-state index contributed by atoms with van der Waals surface area (Å²) in [5, 5.41) is 0.581. The molecule has 0 amide bonds. The van der Waals surface area contributed by atoms with Gasteiger partial charge in [-0.2, -0.15) is 9.98 Å². The van der Waals surface area contributed by atoms with Gasteiger partial charge in [0.2, 0.25) is 0 Å². The van der Waals surface area contributed by atoms with Gasteiger partial charge in [-0.1, -0.05) is 30.9 Å². The molecule has 1 aliphatic heterocycles. The molecular weight excluding hydrogens is 333 g/mol. The van der Waals surface area contributed by atoms with Gasteiger partial charge in [0.15, 0.2) is 6.34 Å². The number of hydrogen-bond acceptors (Lipinski definition) is 3. The van der Waals surface area contributed by atoms with Crippen molar-refractivity contribution < 1.29 is 4.74 Å². The van der Waals surface area contributed by atoms with Gasteiger partial charge in [-0.3, -0.25) is 0 Å². The number of hydrogen-bond donors (Lipinski definition) is 0. The summed E-state index contributed by atoms with van der Waals surface area (Å²) in [4.78, 5) is 8.63. The smallest absolute Gasteiger partial charge is 0.272 e. The van der Waals surface area contributed by atoms with Gasteiger partial charge in [0.1, 0.15) is 17.8 Å². The minimum absolute atomic E-state index is 0.409. The maximum atomic E-state index is 6.63. The molecule has 124 valence electrons. The van der Waals surface area contributed by atoms with Crippen LogP contribution in [-0.2, 0) is 0 Å². The van der Waals surface area contributed by atoms with Crippen molar-refractivity contribution in [3.8, 4) is 5.75 Å². The molecule has 0 bridgehead atoms. The van der Waals surface area contributed by atoms with Crippen LogP contribution in [0.2, 0.25) is 5.02 Å². The van der Waals surface area contributed by atoms with Crippen molar-refractivity contribution in [2.75, 3.05) is 13.7 Å². The Morgan fingerprint density at radius 3 is 2.70 bits per heavy atom. The summed E-state index contributed by atoms with van der Waals surface area (Å²) in [6.07, 6.45) is 9.83. The second-order valence-electron chi connectivity index (χ2n) is 6.28. The first-order valence-electron chi connectivity index (χ1n) is 8.07. The van der Waals surface area contributed by atoms with E-state index < -0.39 is 5.62 Å².